The molecule has 0 unspecified atom stereocenters. The van der Waals surface area contributed by atoms with Crippen LogP contribution in [0.3, 0.4) is 0 Å². The van der Waals surface area contributed by atoms with Gasteiger partial charge in [-0.05, 0) is 37.5 Å². The maximum Gasteiger partial charge on any atom is 0.411 e. The normalized spacial score (nSPS) is 16.6. The van der Waals surface area contributed by atoms with Gasteiger partial charge in [-0.15, -0.1) is 0 Å². The van der Waals surface area contributed by atoms with Crippen LogP contribution in [0.2, 0.25) is 0 Å². The third kappa shape index (κ3) is 3.41. The zero-order chi connectivity index (χ0) is 19.9. The topological polar surface area (TPSA) is 78.7 Å². The largest absolute Gasteiger partial charge is 0.465 e. The lowest BCUT2D eigenvalue weighted by Crippen LogP contribution is -2.51. The molecule has 0 radical (unpaired) electrons. The fourth-order valence-corrected chi connectivity index (χ4v) is 3.58. The summed E-state index contributed by atoms with van der Waals surface area (Å²) in [5.41, 5.74) is 4.01. The first-order valence-corrected chi connectivity index (χ1v) is 9.16. The minimum Gasteiger partial charge on any atom is -0.465 e. The number of nitrogens with zero attached hydrogens (tertiary/aromatic N) is 4. The predicted molar refractivity (Wildman–Crippen MR) is 105 cm³/mol. The van der Waals surface area contributed by atoms with E-state index in [4.69, 9.17) is 0 Å². The number of hydrogen-bond donors (Lipinski definition) is 1. The monoisotopic (exact) mass is 370 g/mol. The molecule has 0 aliphatic carbocycles. The Morgan fingerprint density at radius 3 is 2.56 bits per heavy atom. The second kappa shape index (κ2) is 7.06. The van der Waals surface area contributed by atoms with Crippen molar-refractivity contribution in [2.24, 2.45) is 13.0 Å². The molecule has 2 aromatic rings. The summed E-state index contributed by atoms with van der Waals surface area (Å²) in [6.45, 7) is 8.12. The van der Waals surface area contributed by atoms with Crippen LogP contribution in [0.15, 0.2) is 24.4 Å². The van der Waals surface area contributed by atoms with Gasteiger partial charge in [0, 0.05) is 31.3 Å². The fraction of sp³-hybridized carbons (Fsp3) is 0.450. The van der Waals surface area contributed by atoms with E-state index in [1.165, 1.54) is 4.90 Å². The Morgan fingerprint density at radius 2 is 2.00 bits per heavy atom. The van der Waals surface area contributed by atoms with Gasteiger partial charge in [-0.2, -0.15) is 5.10 Å². The lowest BCUT2D eigenvalue weighted by molar-refractivity contribution is -0.119. The van der Waals surface area contributed by atoms with Crippen molar-refractivity contribution in [3.05, 3.63) is 30.1 Å². The van der Waals surface area contributed by atoms with Crippen molar-refractivity contribution >= 4 is 23.4 Å². The van der Waals surface area contributed by atoms with Gasteiger partial charge in [0.2, 0.25) is 5.91 Å². The molecular formula is C20H26N4O3. The van der Waals surface area contributed by atoms with Crippen molar-refractivity contribution in [2.45, 2.75) is 40.2 Å². The molecule has 1 aromatic heterocycles. The average Bonchev–Trinajstić information content (AvgIpc) is 2.92. The van der Waals surface area contributed by atoms with E-state index in [1.807, 2.05) is 52.9 Å². The highest BCUT2D eigenvalue weighted by molar-refractivity contribution is 6.03. The first-order valence-electron chi connectivity index (χ1n) is 9.16. The summed E-state index contributed by atoms with van der Waals surface area (Å²) in [4.78, 5) is 27.7. The molecule has 0 saturated carbocycles. The molecule has 7 heteroatoms. The van der Waals surface area contributed by atoms with E-state index in [2.05, 4.69) is 5.10 Å². The van der Waals surface area contributed by atoms with Gasteiger partial charge in [0.05, 0.1) is 23.6 Å². The third-order valence-electron chi connectivity index (χ3n) is 5.04. The molecule has 0 fully saturated rings. The average molecular weight is 370 g/mol. The van der Waals surface area contributed by atoms with Gasteiger partial charge < -0.3 is 10.0 Å². The Labute approximate surface area is 159 Å². The number of anilines is 2. The van der Waals surface area contributed by atoms with Crippen molar-refractivity contribution in [3.63, 3.8) is 0 Å². The Kier molecular flexibility index (Phi) is 4.95. The molecule has 1 aliphatic heterocycles. The molecule has 7 nitrogen and oxygen atoms in total. The Morgan fingerprint density at radius 1 is 1.30 bits per heavy atom. The van der Waals surface area contributed by atoms with Crippen LogP contribution in [0.1, 0.15) is 32.9 Å². The molecule has 27 heavy (non-hydrogen) atoms. The quantitative estimate of drug-likeness (QED) is 0.894. The molecule has 0 saturated heterocycles. The van der Waals surface area contributed by atoms with E-state index in [0.717, 1.165) is 16.8 Å². The molecule has 0 bridgehead atoms. The van der Waals surface area contributed by atoms with Crippen LogP contribution < -0.4 is 9.80 Å². The number of hydrogen-bond acceptors (Lipinski definition) is 3. The summed E-state index contributed by atoms with van der Waals surface area (Å²) < 4.78 is 1.78. The molecule has 144 valence electrons. The van der Waals surface area contributed by atoms with Gasteiger partial charge in [0.25, 0.3) is 0 Å². The van der Waals surface area contributed by atoms with E-state index in [-0.39, 0.29) is 24.4 Å². The highest BCUT2D eigenvalue weighted by Crippen LogP contribution is 2.39. The summed E-state index contributed by atoms with van der Waals surface area (Å²) in [7, 11) is 1.87. The number of fused-ring (bicyclic) bond motifs is 1. The van der Waals surface area contributed by atoms with Crippen molar-refractivity contribution in [3.8, 4) is 11.1 Å². The highest BCUT2D eigenvalue weighted by Gasteiger charge is 2.35. The minimum absolute atomic E-state index is 0.0223. The molecule has 1 aliphatic rings. The predicted octanol–water partition coefficient (Wildman–Crippen LogP) is 3.66. The van der Waals surface area contributed by atoms with Gasteiger partial charge >= 0.3 is 6.09 Å². The van der Waals surface area contributed by atoms with E-state index in [1.54, 1.807) is 15.8 Å². The zero-order valence-electron chi connectivity index (χ0n) is 16.4. The van der Waals surface area contributed by atoms with Crippen LogP contribution in [0.5, 0.6) is 0 Å². The molecule has 3 rings (SSSR count). The fourth-order valence-electron chi connectivity index (χ4n) is 3.58. The van der Waals surface area contributed by atoms with E-state index < -0.39 is 6.09 Å². The number of aromatic nitrogens is 2. The van der Waals surface area contributed by atoms with Crippen molar-refractivity contribution in [1.82, 2.24) is 9.78 Å². The number of rotatable bonds is 3. The number of carbonyl (C=O) groups excluding carboxylic acids is 1. The minimum atomic E-state index is -1.01. The summed E-state index contributed by atoms with van der Waals surface area (Å²) >= 11 is 0. The smallest absolute Gasteiger partial charge is 0.411 e. The SMILES string of the molecule is Cc1c(-c2ccc3c(c2)N(C(=O)O)C[C@H](C)N3C(=O)CC(C)C)cnn1C. The number of benzene rings is 1. The Hall–Kier alpha value is -2.83. The standard InChI is InChI=1S/C20H26N4O3/c1-12(2)8-19(25)24-13(3)11-23(20(26)27)18-9-15(6-7-17(18)24)16-10-21-22(5)14(16)4/h6-7,9-10,12-13H,8,11H2,1-5H3,(H,26,27)/t13-/m0/s1. The van der Waals surface area contributed by atoms with Crippen LogP contribution in [-0.4, -0.2) is 39.5 Å². The number of carbonyl (C=O) groups is 2. The van der Waals surface area contributed by atoms with Crippen molar-refractivity contribution in [1.29, 1.82) is 0 Å². The lowest BCUT2D eigenvalue weighted by Gasteiger charge is -2.40. The maximum absolute atomic E-state index is 12.8. The van der Waals surface area contributed by atoms with Gasteiger partial charge in [0.1, 0.15) is 0 Å². The summed E-state index contributed by atoms with van der Waals surface area (Å²) in [5.74, 6) is 0.261. The number of aryl methyl sites for hydroxylation is 1. The van der Waals surface area contributed by atoms with Crippen LogP contribution in [-0.2, 0) is 11.8 Å². The molecular weight excluding hydrogens is 344 g/mol. The van der Waals surface area contributed by atoms with Crippen LogP contribution in [0, 0.1) is 12.8 Å². The third-order valence-corrected chi connectivity index (χ3v) is 5.04. The van der Waals surface area contributed by atoms with Crippen LogP contribution >= 0.6 is 0 Å². The summed E-state index contributed by atoms with van der Waals surface area (Å²) in [6, 6.07) is 5.40. The molecule has 2 heterocycles. The Bertz CT molecular complexity index is 887. The van der Waals surface area contributed by atoms with Gasteiger partial charge in [0.15, 0.2) is 0 Å². The Balaban J connectivity index is 2.11. The van der Waals surface area contributed by atoms with Gasteiger partial charge in [-0.1, -0.05) is 19.9 Å². The zero-order valence-corrected chi connectivity index (χ0v) is 16.4. The number of amides is 2. The molecule has 2 amide bonds. The first kappa shape index (κ1) is 18.9. The second-order valence-electron chi connectivity index (χ2n) is 7.57. The summed E-state index contributed by atoms with van der Waals surface area (Å²) in [6.07, 6.45) is 1.19. The van der Waals surface area contributed by atoms with Gasteiger partial charge in [-0.25, -0.2) is 4.79 Å². The van der Waals surface area contributed by atoms with Crippen molar-refractivity contribution < 1.29 is 14.7 Å². The maximum atomic E-state index is 12.8. The first-order chi connectivity index (χ1) is 12.7. The molecule has 0 spiro atoms. The van der Waals surface area contributed by atoms with Crippen molar-refractivity contribution in [2.75, 3.05) is 16.3 Å². The van der Waals surface area contributed by atoms with E-state index >= 15 is 0 Å². The molecule has 1 N–H and O–H groups in total. The molecule has 1 aromatic carbocycles. The highest BCUT2D eigenvalue weighted by atomic mass is 16.4. The lowest BCUT2D eigenvalue weighted by atomic mass is 10.00. The van der Waals surface area contributed by atoms with Crippen LogP contribution in [0.25, 0.3) is 11.1 Å². The van der Waals surface area contributed by atoms with Gasteiger partial charge in [-0.3, -0.25) is 14.4 Å². The summed E-state index contributed by atoms with van der Waals surface area (Å²) in [5, 5.41) is 14.0. The second-order valence-corrected chi connectivity index (χ2v) is 7.57. The van der Waals surface area contributed by atoms with E-state index in [9.17, 15) is 14.7 Å². The van der Waals surface area contributed by atoms with Crippen LogP contribution in [0.4, 0.5) is 16.2 Å². The molecule has 1 atom stereocenters. The van der Waals surface area contributed by atoms with E-state index in [0.29, 0.717) is 17.8 Å². The number of carboxylic acid groups (broad SMARTS) is 1.